The highest BCUT2D eigenvalue weighted by molar-refractivity contribution is 7.99. The summed E-state index contributed by atoms with van der Waals surface area (Å²) in [6.07, 6.45) is 0.784. The zero-order valence-corrected chi connectivity index (χ0v) is 10.3. The molecule has 1 aromatic heterocycles. The SMILES string of the molecule is CC(C)c1nn(C)c(SCCCO)c1N. The molecule has 1 heterocycles. The van der Waals surface area contributed by atoms with Crippen molar-refractivity contribution in [3.8, 4) is 0 Å². The van der Waals surface area contributed by atoms with E-state index in [4.69, 9.17) is 10.8 Å². The van der Waals surface area contributed by atoms with Crippen LogP contribution < -0.4 is 5.73 Å². The van der Waals surface area contributed by atoms with E-state index in [9.17, 15) is 0 Å². The maximum absolute atomic E-state index is 8.71. The maximum atomic E-state index is 8.71. The Labute approximate surface area is 94.9 Å². The fourth-order valence-corrected chi connectivity index (χ4v) is 2.33. The lowest BCUT2D eigenvalue weighted by Crippen LogP contribution is -1.95. The number of rotatable bonds is 5. The number of nitrogen functional groups attached to an aromatic ring is 1. The molecule has 86 valence electrons. The number of anilines is 1. The van der Waals surface area contributed by atoms with Crippen LogP contribution in [0.5, 0.6) is 0 Å². The van der Waals surface area contributed by atoms with Gasteiger partial charge in [-0.25, -0.2) is 0 Å². The van der Waals surface area contributed by atoms with Crippen LogP contribution in [-0.4, -0.2) is 27.2 Å². The molecule has 0 atom stereocenters. The fraction of sp³-hybridized carbons (Fsp3) is 0.700. The molecule has 0 saturated heterocycles. The summed E-state index contributed by atoms with van der Waals surface area (Å²) < 4.78 is 1.83. The molecule has 0 aliphatic carbocycles. The van der Waals surface area contributed by atoms with Crippen molar-refractivity contribution in [1.29, 1.82) is 0 Å². The number of thioether (sulfide) groups is 1. The van der Waals surface area contributed by atoms with Gasteiger partial charge in [-0.1, -0.05) is 13.8 Å². The molecule has 0 saturated carbocycles. The third kappa shape index (κ3) is 2.89. The van der Waals surface area contributed by atoms with Crippen LogP contribution in [0, 0.1) is 0 Å². The minimum atomic E-state index is 0.224. The summed E-state index contributed by atoms with van der Waals surface area (Å²) >= 11 is 1.65. The first-order valence-electron chi connectivity index (χ1n) is 5.14. The molecule has 0 bridgehead atoms. The lowest BCUT2D eigenvalue weighted by atomic mass is 10.1. The number of aromatic nitrogens is 2. The van der Waals surface area contributed by atoms with E-state index in [1.54, 1.807) is 11.8 Å². The molecule has 4 nitrogen and oxygen atoms in total. The van der Waals surface area contributed by atoms with Crippen molar-refractivity contribution in [2.75, 3.05) is 18.1 Å². The summed E-state index contributed by atoms with van der Waals surface area (Å²) in [5, 5.41) is 14.1. The van der Waals surface area contributed by atoms with Crippen LogP contribution in [0.25, 0.3) is 0 Å². The van der Waals surface area contributed by atoms with Gasteiger partial charge in [-0.15, -0.1) is 11.8 Å². The lowest BCUT2D eigenvalue weighted by molar-refractivity contribution is 0.296. The highest BCUT2D eigenvalue weighted by atomic mass is 32.2. The van der Waals surface area contributed by atoms with Crippen LogP contribution >= 0.6 is 11.8 Å². The Kier molecular flexibility index (Phi) is 4.47. The number of nitrogens with zero attached hydrogens (tertiary/aromatic N) is 2. The average molecular weight is 229 g/mol. The molecule has 0 unspecified atom stereocenters. The van der Waals surface area contributed by atoms with Crippen molar-refractivity contribution in [1.82, 2.24) is 9.78 Å². The number of nitrogens with two attached hydrogens (primary N) is 1. The Balaban J connectivity index is 2.79. The lowest BCUT2D eigenvalue weighted by Gasteiger charge is -2.02. The zero-order chi connectivity index (χ0) is 11.4. The first-order valence-corrected chi connectivity index (χ1v) is 6.12. The summed E-state index contributed by atoms with van der Waals surface area (Å²) in [5.74, 6) is 1.22. The third-order valence-corrected chi connectivity index (χ3v) is 3.40. The van der Waals surface area contributed by atoms with Crippen LogP contribution in [0.15, 0.2) is 5.03 Å². The summed E-state index contributed by atoms with van der Waals surface area (Å²) in [4.78, 5) is 0. The standard InChI is InChI=1S/C10H19N3OS/c1-7(2)9-8(11)10(13(3)12-9)15-6-4-5-14/h7,14H,4-6,11H2,1-3H3. The molecule has 1 aromatic rings. The molecule has 0 aliphatic heterocycles. The zero-order valence-electron chi connectivity index (χ0n) is 9.53. The van der Waals surface area contributed by atoms with E-state index in [2.05, 4.69) is 18.9 Å². The van der Waals surface area contributed by atoms with Crippen molar-refractivity contribution >= 4 is 17.4 Å². The maximum Gasteiger partial charge on any atom is 0.117 e. The van der Waals surface area contributed by atoms with E-state index >= 15 is 0 Å². The van der Waals surface area contributed by atoms with Gasteiger partial charge in [0.15, 0.2) is 0 Å². The Bertz CT molecular complexity index is 323. The summed E-state index contributed by atoms with van der Waals surface area (Å²) in [6, 6.07) is 0. The van der Waals surface area contributed by atoms with Gasteiger partial charge in [0.2, 0.25) is 0 Å². The van der Waals surface area contributed by atoms with E-state index in [1.807, 2.05) is 11.7 Å². The molecule has 0 amide bonds. The van der Waals surface area contributed by atoms with Crippen molar-refractivity contribution in [2.45, 2.75) is 31.2 Å². The van der Waals surface area contributed by atoms with Crippen LogP contribution in [0.4, 0.5) is 5.69 Å². The van der Waals surface area contributed by atoms with Crippen LogP contribution in [0.2, 0.25) is 0 Å². The molecule has 15 heavy (non-hydrogen) atoms. The number of hydrogen-bond donors (Lipinski definition) is 2. The average Bonchev–Trinajstić information content (AvgIpc) is 2.45. The van der Waals surface area contributed by atoms with Crippen LogP contribution in [0.1, 0.15) is 31.9 Å². The largest absolute Gasteiger partial charge is 0.396 e. The van der Waals surface area contributed by atoms with Crippen LogP contribution in [-0.2, 0) is 7.05 Å². The van der Waals surface area contributed by atoms with Gasteiger partial charge in [0.25, 0.3) is 0 Å². The first kappa shape index (κ1) is 12.4. The Morgan fingerprint density at radius 2 is 2.20 bits per heavy atom. The van der Waals surface area contributed by atoms with Crippen LogP contribution in [0.3, 0.4) is 0 Å². The molecule has 0 fully saturated rings. The molecular formula is C10H19N3OS. The van der Waals surface area contributed by atoms with Crippen molar-refractivity contribution in [3.05, 3.63) is 5.69 Å². The minimum Gasteiger partial charge on any atom is -0.396 e. The summed E-state index contributed by atoms with van der Waals surface area (Å²) in [5.41, 5.74) is 7.77. The monoisotopic (exact) mass is 229 g/mol. The molecule has 0 radical (unpaired) electrons. The third-order valence-electron chi connectivity index (χ3n) is 2.15. The van der Waals surface area contributed by atoms with Crippen molar-refractivity contribution < 1.29 is 5.11 Å². The molecule has 0 aliphatic rings. The van der Waals surface area contributed by atoms with Gasteiger partial charge in [-0.3, -0.25) is 4.68 Å². The first-order chi connectivity index (χ1) is 7.07. The Hall–Kier alpha value is -0.680. The van der Waals surface area contributed by atoms with Gasteiger partial charge in [0, 0.05) is 19.4 Å². The fourth-order valence-electron chi connectivity index (χ4n) is 1.38. The predicted octanol–water partition coefficient (Wildman–Crippen LogP) is 1.60. The highest BCUT2D eigenvalue weighted by Crippen LogP contribution is 2.31. The second-order valence-corrected chi connectivity index (χ2v) is 4.89. The van der Waals surface area contributed by atoms with E-state index in [-0.39, 0.29) is 6.61 Å². The van der Waals surface area contributed by atoms with Gasteiger partial charge in [0.1, 0.15) is 5.03 Å². The van der Waals surface area contributed by atoms with Crippen molar-refractivity contribution in [2.24, 2.45) is 7.05 Å². The van der Waals surface area contributed by atoms with E-state index in [1.165, 1.54) is 0 Å². The minimum absolute atomic E-state index is 0.224. The molecule has 1 rings (SSSR count). The van der Waals surface area contributed by atoms with E-state index < -0.39 is 0 Å². The van der Waals surface area contributed by atoms with Gasteiger partial charge in [-0.05, 0) is 12.3 Å². The number of aliphatic hydroxyl groups excluding tert-OH is 1. The molecular weight excluding hydrogens is 210 g/mol. The molecule has 0 spiro atoms. The summed E-state index contributed by atoms with van der Waals surface area (Å²) in [6.45, 7) is 4.39. The topological polar surface area (TPSA) is 64.1 Å². The smallest absolute Gasteiger partial charge is 0.117 e. The van der Waals surface area contributed by atoms with E-state index in [0.29, 0.717) is 5.92 Å². The predicted molar refractivity (Wildman–Crippen MR) is 64.1 cm³/mol. The van der Waals surface area contributed by atoms with Gasteiger partial charge in [-0.2, -0.15) is 5.10 Å². The van der Waals surface area contributed by atoms with Crippen molar-refractivity contribution in [3.63, 3.8) is 0 Å². The Morgan fingerprint density at radius 1 is 1.53 bits per heavy atom. The summed E-state index contributed by atoms with van der Waals surface area (Å²) in [7, 11) is 1.91. The van der Waals surface area contributed by atoms with Gasteiger partial charge < -0.3 is 10.8 Å². The normalized spacial score (nSPS) is 11.3. The number of hydrogen-bond acceptors (Lipinski definition) is 4. The second kappa shape index (κ2) is 5.42. The molecule has 3 N–H and O–H groups in total. The van der Waals surface area contributed by atoms with Gasteiger partial charge >= 0.3 is 0 Å². The molecule has 5 heteroatoms. The number of aryl methyl sites for hydroxylation is 1. The number of aliphatic hydroxyl groups is 1. The quantitative estimate of drug-likeness (QED) is 0.594. The molecule has 0 aromatic carbocycles. The van der Waals surface area contributed by atoms with Gasteiger partial charge in [0.05, 0.1) is 11.4 Å². The Morgan fingerprint density at radius 3 is 2.67 bits per heavy atom. The van der Waals surface area contributed by atoms with E-state index in [0.717, 1.165) is 28.6 Å². The second-order valence-electron chi connectivity index (χ2n) is 3.81. The highest BCUT2D eigenvalue weighted by Gasteiger charge is 2.15.